The van der Waals surface area contributed by atoms with Crippen molar-refractivity contribution in [3.63, 3.8) is 0 Å². The third kappa shape index (κ3) is 6.09. The van der Waals surface area contributed by atoms with E-state index in [1.54, 1.807) is 0 Å². The zero-order chi connectivity index (χ0) is 13.8. The highest BCUT2D eigenvalue weighted by Gasteiger charge is 2.26. The van der Waals surface area contributed by atoms with Crippen molar-refractivity contribution in [2.45, 2.75) is 38.4 Å². The van der Waals surface area contributed by atoms with Crippen LogP contribution in [0.4, 0.5) is 18.9 Å². The molecule has 18 heavy (non-hydrogen) atoms. The van der Waals surface area contributed by atoms with Crippen molar-refractivity contribution in [1.29, 1.82) is 0 Å². The summed E-state index contributed by atoms with van der Waals surface area (Å²) in [6.07, 6.45) is -4.15. The van der Waals surface area contributed by atoms with Gasteiger partial charge in [0.1, 0.15) is 0 Å². The Balaban J connectivity index is 2.42. The molecule has 0 saturated heterocycles. The van der Waals surface area contributed by atoms with E-state index in [2.05, 4.69) is 37.2 Å². The first-order chi connectivity index (χ1) is 8.28. The predicted molar refractivity (Wildman–Crippen MR) is 74.8 cm³/mol. The van der Waals surface area contributed by atoms with Gasteiger partial charge in [0.15, 0.2) is 0 Å². The summed E-state index contributed by atoms with van der Waals surface area (Å²) >= 11 is 6.75. The van der Waals surface area contributed by atoms with E-state index in [1.807, 2.05) is 25.1 Å². The molecule has 0 bridgehead atoms. The number of halogens is 5. The lowest BCUT2D eigenvalue weighted by molar-refractivity contribution is -0.135. The van der Waals surface area contributed by atoms with Crippen LogP contribution in [0.5, 0.6) is 0 Å². The molecule has 0 heterocycles. The van der Waals surface area contributed by atoms with Crippen LogP contribution in [0.15, 0.2) is 27.1 Å². The third-order valence-electron chi connectivity index (χ3n) is 2.43. The van der Waals surface area contributed by atoms with E-state index in [1.165, 1.54) is 0 Å². The minimum absolute atomic E-state index is 0.00447. The molecule has 1 atom stereocenters. The molecule has 0 radical (unpaired) electrons. The molecule has 1 nitrogen and oxygen atoms in total. The molecule has 0 aliphatic rings. The van der Waals surface area contributed by atoms with Crippen LogP contribution in [0.1, 0.15) is 26.2 Å². The molecule has 0 aliphatic heterocycles. The molecule has 1 N–H and O–H groups in total. The van der Waals surface area contributed by atoms with Crippen molar-refractivity contribution in [3.05, 3.63) is 27.1 Å². The van der Waals surface area contributed by atoms with Gasteiger partial charge in [0.05, 0.1) is 0 Å². The molecule has 0 fully saturated rings. The fraction of sp³-hybridized carbons (Fsp3) is 0.500. The fourth-order valence-corrected chi connectivity index (χ4v) is 2.71. The van der Waals surface area contributed by atoms with Crippen molar-refractivity contribution in [3.8, 4) is 0 Å². The summed E-state index contributed by atoms with van der Waals surface area (Å²) in [6.45, 7) is 1.88. The Morgan fingerprint density at radius 1 is 1.28 bits per heavy atom. The molecule has 0 saturated carbocycles. The van der Waals surface area contributed by atoms with Crippen LogP contribution >= 0.6 is 31.9 Å². The summed E-state index contributed by atoms with van der Waals surface area (Å²) in [5.74, 6) is 0. The third-order valence-corrected chi connectivity index (χ3v) is 3.58. The topological polar surface area (TPSA) is 12.0 Å². The summed E-state index contributed by atoms with van der Waals surface area (Å²) in [6, 6.07) is 5.67. The van der Waals surface area contributed by atoms with Crippen LogP contribution in [0.25, 0.3) is 0 Å². The highest BCUT2D eigenvalue weighted by molar-refractivity contribution is 9.11. The van der Waals surface area contributed by atoms with Crippen LogP contribution < -0.4 is 5.32 Å². The monoisotopic (exact) mass is 387 g/mol. The number of anilines is 1. The van der Waals surface area contributed by atoms with E-state index in [0.29, 0.717) is 6.42 Å². The molecule has 1 aromatic rings. The highest BCUT2D eigenvalue weighted by atomic mass is 79.9. The van der Waals surface area contributed by atoms with Gasteiger partial charge in [-0.25, -0.2) is 0 Å². The molecule has 1 unspecified atom stereocenters. The van der Waals surface area contributed by atoms with Crippen molar-refractivity contribution >= 4 is 37.5 Å². The maximum Gasteiger partial charge on any atom is 0.389 e. The van der Waals surface area contributed by atoms with Gasteiger partial charge in [-0.2, -0.15) is 13.2 Å². The molecule has 0 amide bonds. The zero-order valence-electron chi connectivity index (χ0n) is 9.82. The quantitative estimate of drug-likeness (QED) is 0.677. The zero-order valence-corrected chi connectivity index (χ0v) is 13.0. The smallest absolute Gasteiger partial charge is 0.382 e. The number of rotatable bonds is 5. The first-order valence-electron chi connectivity index (χ1n) is 5.56. The van der Waals surface area contributed by atoms with Crippen molar-refractivity contribution in [2.75, 3.05) is 5.32 Å². The van der Waals surface area contributed by atoms with E-state index in [0.717, 1.165) is 14.6 Å². The molecular weight excluding hydrogens is 375 g/mol. The van der Waals surface area contributed by atoms with Crippen LogP contribution in [0.3, 0.4) is 0 Å². The summed E-state index contributed by atoms with van der Waals surface area (Å²) < 4.78 is 37.9. The second kappa shape index (κ2) is 6.80. The van der Waals surface area contributed by atoms with Gasteiger partial charge in [-0.1, -0.05) is 15.9 Å². The Hall–Kier alpha value is -0.230. The van der Waals surface area contributed by atoms with E-state index >= 15 is 0 Å². The molecule has 0 spiro atoms. The van der Waals surface area contributed by atoms with Crippen molar-refractivity contribution in [2.24, 2.45) is 0 Å². The number of alkyl halides is 3. The summed E-state index contributed by atoms with van der Waals surface area (Å²) in [5, 5.41) is 3.19. The van der Waals surface area contributed by atoms with Gasteiger partial charge < -0.3 is 5.32 Å². The van der Waals surface area contributed by atoms with Gasteiger partial charge in [0.25, 0.3) is 0 Å². The van der Waals surface area contributed by atoms with Gasteiger partial charge >= 0.3 is 6.18 Å². The highest BCUT2D eigenvalue weighted by Crippen LogP contribution is 2.28. The second-order valence-electron chi connectivity index (χ2n) is 4.18. The normalized spacial score (nSPS) is 13.4. The van der Waals surface area contributed by atoms with Gasteiger partial charge in [-0.3, -0.25) is 0 Å². The molecule has 1 rings (SSSR count). The van der Waals surface area contributed by atoms with Crippen molar-refractivity contribution < 1.29 is 13.2 Å². The molecular formula is C12H14Br2F3N. The van der Waals surface area contributed by atoms with Crippen LogP contribution in [-0.4, -0.2) is 12.2 Å². The Bertz CT molecular complexity index is 393. The lowest BCUT2D eigenvalue weighted by Gasteiger charge is -2.17. The second-order valence-corrected chi connectivity index (χ2v) is 5.95. The Kier molecular flexibility index (Phi) is 5.98. The molecule has 1 aromatic carbocycles. The number of benzene rings is 1. The summed E-state index contributed by atoms with van der Waals surface area (Å²) in [7, 11) is 0. The van der Waals surface area contributed by atoms with E-state index in [9.17, 15) is 13.2 Å². The van der Waals surface area contributed by atoms with Crippen LogP contribution in [0.2, 0.25) is 0 Å². The minimum atomic E-state index is -4.06. The van der Waals surface area contributed by atoms with Gasteiger partial charge in [-0.05, 0) is 53.9 Å². The first kappa shape index (κ1) is 15.8. The Morgan fingerprint density at radius 2 is 1.94 bits per heavy atom. The molecule has 0 aliphatic carbocycles. The van der Waals surface area contributed by atoms with E-state index in [-0.39, 0.29) is 12.5 Å². The summed E-state index contributed by atoms with van der Waals surface area (Å²) in [4.78, 5) is 0. The standard InChI is InChI=1S/C12H14Br2F3N/c1-8(3-2-6-12(15,16)17)18-11-5-4-9(13)7-10(11)14/h4-5,7-8,18H,2-3,6H2,1H3. The molecule has 0 aromatic heterocycles. The average molecular weight is 389 g/mol. The number of hydrogen-bond acceptors (Lipinski definition) is 1. The SMILES string of the molecule is CC(CCCC(F)(F)F)Nc1ccc(Br)cc1Br. The number of nitrogens with one attached hydrogen (secondary N) is 1. The lowest BCUT2D eigenvalue weighted by Crippen LogP contribution is -2.17. The fourth-order valence-electron chi connectivity index (χ4n) is 1.55. The number of hydrogen-bond donors (Lipinski definition) is 1. The largest absolute Gasteiger partial charge is 0.389 e. The Morgan fingerprint density at radius 3 is 2.50 bits per heavy atom. The van der Waals surface area contributed by atoms with Gasteiger partial charge in [-0.15, -0.1) is 0 Å². The van der Waals surface area contributed by atoms with Crippen molar-refractivity contribution in [1.82, 2.24) is 0 Å². The Labute approximate surface area is 121 Å². The van der Waals surface area contributed by atoms with Gasteiger partial charge in [0, 0.05) is 27.1 Å². The average Bonchev–Trinajstić information content (AvgIpc) is 2.20. The van der Waals surface area contributed by atoms with Crippen LogP contribution in [0, 0.1) is 0 Å². The lowest BCUT2D eigenvalue weighted by atomic mass is 10.1. The molecule has 6 heteroatoms. The predicted octanol–water partition coefficient (Wildman–Crippen LogP) is 5.74. The van der Waals surface area contributed by atoms with E-state index in [4.69, 9.17) is 0 Å². The van der Waals surface area contributed by atoms with Gasteiger partial charge in [0.2, 0.25) is 0 Å². The maximum absolute atomic E-state index is 12.0. The molecule has 102 valence electrons. The van der Waals surface area contributed by atoms with Crippen LogP contribution in [-0.2, 0) is 0 Å². The van der Waals surface area contributed by atoms with E-state index < -0.39 is 12.6 Å². The summed E-state index contributed by atoms with van der Waals surface area (Å²) in [5.41, 5.74) is 0.887. The minimum Gasteiger partial charge on any atom is -0.382 e. The first-order valence-corrected chi connectivity index (χ1v) is 7.15. The maximum atomic E-state index is 12.0.